The molecule has 0 N–H and O–H groups in total. The number of furan rings is 1. The number of nitrogens with zero attached hydrogens (tertiary/aromatic N) is 3. The van der Waals surface area contributed by atoms with Gasteiger partial charge in [-0.25, -0.2) is 15.0 Å². The third-order valence-corrected chi connectivity index (χ3v) is 11.7. The van der Waals surface area contributed by atoms with Crippen molar-refractivity contribution >= 4 is 43.5 Å². The summed E-state index contributed by atoms with van der Waals surface area (Å²) in [5.41, 5.74) is 11.7. The van der Waals surface area contributed by atoms with Crippen LogP contribution in [0.2, 0.25) is 0 Å². The van der Waals surface area contributed by atoms with Gasteiger partial charge in [-0.2, -0.15) is 0 Å². The fraction of sp³-hybridized carbons (Fsp3) is 0.145. The molecule has 286 valence electrons. The Hall–Kier alpha value is -6.91. The molecule has 0 amide bonds. The number of unbranched alkanes of at least 4 members (excludes halogenated alkanes) is 2. The minimum Gasteiger partial charge on any atom is -0.455 e. The molecule has 0 atom stereocenters. The van der Waals surface area contributed by atoms with Crippen LogP contribution >= 0.6 is 0 Å². The number of aromatic nitrogens is 3. The molecule has 0 saturated heterocycles. The van der Waals surface area contributed by atoms with Gasteiger partial charge in [-0.1, -0.05) is 172 Å². The van der Waals surface area contributed by atoms with Crippen LogP contribution in [-0.2, 0) is 12.8 Å². The smallest absolute Gasteiger partial charge is 0.164 e. The van der Waals surface area contributed by atoms with Gasteiger partial charge in [0.15, 0.2) is 17.5 Å². The van der Waals surface area contributed by atoms with Gasteiger partial charge < -0.3 is 4.42 Å². The third-order valence-electron chi connectivity index (χ3n) is 11.7. The van der Waals surface area contributed by atoms with Gasteiger partial charge in [0.2, 0.25) is 0 Å². The molecule has 4 nitrogen and oxygen atoms in total. The zero-order valence-corrected chi connectivity index (χ0v) is 33.6. The van der Waals surface area contributed by atoms with Crippen LogP contribution in [0.1, 0.15) is 50.7 Å². The molecule has 0 saturated carbocycles. The van der Waals surface area contributed by atoms with Crippen LogP contribution in [0.4, 0.5) is 0 Å². The minimum absolute atomic E-state index is 0.607. The van der Waals surface area contributed by atoms with Crippen molar-refractivity contribution in [2.75, 3.05) is 0 Å². The lowest BCUT2D eigenvalue weighted by molar-refractivity contribution is 0.670. The molecule has 0 bridgehead atoms. The molecule has 2 heterocycles. The molecular weight excluding hydrogens is 719 g/mol. The topological polar surface area (TPSA) is 51.8 Å². The molecule has 2 aromatic heterocycles. The highest BCUT2D eigenvalue weighted by Gasteiger charge is 2.20. The maximum atomic E-state index is 6.65. The molecule has 0 aliphatic heterocycles. The van der Waals surface area contributed by atoms with Crippen molar-refractivity contribution in [3.63, 3.8) is 0 Å². The Balaban J connectivity index is 1.09. The van der Waals surface area contributed by atoms with Gasteiger partial charge in [0.25, 0.3) is 0 Å². The Morgan fingerprint density at radius 2 is 0.983 bits per heavy atom. The number of benzene rings is 8. The standard InChI is InChI=1S/C55H45N3O/c1-3-5-12-36-21-23-44-34-45(31-30-42(44)32-36)54-56-53(41-27-24-38(25-28-41)43-29-26-39-22-20-37(13-6-4-2)33-46(39)35-43)57-55(58-54)49-18-11-19-50-51(49)48-17-10-16-47(52(48)59-50)40-14-8-7-9-15-40/h7-11,14-35H,3-6,12-13H2,1-2H3. The van der Waals surface area contributed by atoms with E-state index >= 15 is 0 Å². The molecule has 0 fully saturated rings. The van der Waals surface area contributed by atoms with E-state index in [-0.39, 0.29) is 0 Å². The summed E-state index contributed by atoms with van der Waals surface area (Å²) < 4.78 is 6.65. The number of para-hydroxylation sites is 1. The molecular formula is C55H45N3O. The SMILES string of the molecule is CCCCc1ccc2cc(-c3nc(-c4ccc(-c5ccc6ccc(CCCC)cc6c5)cc4)nc(-c4cccc5oc6c(-c7ccccc7)cccc6c45)n3)ccc2c1. The molecule has 59 heavy (non-hydrogen) atoms. The van der Waals surface area contributed by atoms with Gasteiger partial charge in [-0.05, 0) is 93.2 Å². The Morgan fingerprint density at radius 3 is 1.76 bits per heavy atom. The predicted molar refractivity (Wildman–Crippen MR) is 247 cm³/mol. The lowest BCUT2D eigenvalue weighted by atomic mass is 9.98. The van der Waals surface area contributed by atoms with E-state index in [0.29, 0.717) is 17.5 Å². The van der Waals surface area contributed by atoms with Gasteiger partial charge in [-0.15, -0.1) is 0 Å². The second-order valence-corrected chi connectivity index (χ2v) is 15.7. The monoisotopic (exact) mass is 763 g/mol. The molecule has 4 heteroatoms. The molecule has 10 aromatic rings. The number of hydrogen-bond donors (Lipinski definition) is 0. The van der Waals surface area contributed by atoms with E-state index in [9.17, 15) is 0 Å². The number of aryl methyl sites for hydroxylation is 2. The molecule has 0 spiro atoms. The summed E-state index contributed by atoms with van der Waals surface area (Å²) in [6.07, 6.45) is 6.98. The summed E-state index contributed by atoms with van der Waals surface area (Å²) >= 11 is 0. The van der Waals surface area contributed by atoms with E-state index in [2.05, 4.69) is 159 Å². The van der Waals surface area contributed by atoms with Crippen molar-refractivity contribution in [2.45, 2.75) is 52.4 Å². The van der Waals surface area contributed by atoms with E-state index in [1.807, 2.05) is 18.2 Å². The van der Waals surface area contributed by atoms with Crippen molar-refractivity contribution in [1.82, 2.24) is 15.0 Å². The highest BCUT2D eigenvalue weighted by molar-refractivity contribution is 6.15. The Kier molecular flexibility index (Phi) is 9.75. The first-order valence-corrected chi connectivity index (χ1v) is 21.0. The molecule has 10 rings (SSSR count). The summed E-state index contributed by atoms with van der Waals surface area (Å²) in [7, 11) is 0. The number of hydrogen-bond acceptors (Lipinski definition) is 4. The van der Waals surface area contributed by atoms with E-state index in [4.69, 9.17) is 19.4 Å². The Bertz CT molecular complexity index is 3130. The number of fused-ring (bicyclic) bond motifs is 5. The van der Waals surface area contributed by atoms with Crippen LogP contribution < -0.4 is 0 Å². The first-order valence-electron chi connectivity index (χ1n) is 21.0. The van der Waals surface area contributed by atoms with Crippen molar-refractivity contribution < 1.29 is 4.42 Å². The maximum Gasteiger partial charge on any atom is 0.164 e. The van der Waals surface area contributed by atoms with Crippen LogP contribution in [0.25, 0.3) is 99.9 Å². The van der Waals surface area contributed by atoms with Gasteiger partial charge >= 0.3 is 0 Å². The minimum atomic E-state index is 0.607. The second kappa shape index (κ2) is 15.8. The van der Waals surface area contributed by atoms with Gasteiger partial charge in [0, 0.05) is 33.0 Å². The molecule has 0 aliphatic rings. The van der Waals surface area contributed by atoms with Crippen LogP contribution in [0, 0.1) is 0 Å². The average molecular weight is 764 g/mol. The van der Waals surface area contributed by atoms with Crippen LogP contribution in [0.3, 0.4) is 0 Å². The first-order chi connectivity index (χ1) is 29.1. The van der Waals surface area contributed by atoms with E-state index in [1.165, 1.54) is 63.9 Å². The van der Waals surface area contributed by atoms with Crippen molar-refractivity contribution in [2.24, 2.45) is 0 Å². The Morgan fingerprint density at radius 1 is 0.407 bits per heavy atom. The zero-order valence-electron chi connectivity index (χ0n) is 33.6. The van der Waals surface area contributed by atoms with Crippen LogP contribution in [-0.4, -0.2) is 15.0 Å². The molecule has 0 radical (unpaired) electrons. The third kappa shape index (κ3) is 7.16. The lowest BCUT2D eigenvalue weighted by Crippen LogP contribution is -2.00. The van der Waals surface area contributed by atoms with E-state index in [0.717, 1.165) is 68.2 Å². The maximum absolute atomic E-state index is 6.65. The summed E-state index contributed by atoms with van der Waals surface area (Å²) in [4.78, 5) is 15.6. The summed E-state index contributed by atoms with van der Waals surface area (Å²) in [5.74, 6) is 1.87. The fourth-order valence-electron chi connectivity index (χ4n) is 8.43. The fourth-order valence-corrected chi connectivity index (χ4v) is 8.43. The molecule has 8 aromatic carbocycles. The van der Waals surface area contributed by atoms with Crippen molar-refractivity contribution in [1.29, 1.82) is 0 Å². The summed E-state index contributed by atoms with van der Waals surface area (Å²) in [6.45, 7) is 4.49. The van der Waals surface area contributed by atoms with Crippen LogP contribution in [0.15, 0.2) is 168 Å². The first kappa shape index (κ1) is 36.4. The molecule has 0 unspecified atom stereocenters. The normalized spacial score (nSPS) is 11.6. The lowest BCUT2D eigenvalue weighted by Gasteiger charge is -2.11. The van der Waals surface area contributed by atoms with Crippen molar-refractivity contribution in [3.8, 4) is 56.4 Å². The van der Waals surface area contributed by atoms with Gasteiger partial charge in [0.1, 0.15) is 11.2 Å². The van der Waals surface area contributed by atoms with E-state index < -0.39 is 0 Å². The zero-order chi connectivity index (χ0) is 39.7. The van der Waals surface area contributed by atoms with Crippen molar-refractivity contribution in [3.05, 3.63) is 175 Å². The predicted octanol–water partition coefficient (Wildman–Crippen LogP) is 15.1. The van der Waals surface area contributed by atoms with Crippen LogP contribution in [0.5, 0.6) is 0 Å². The molecule has 0 aliphatic carbocycles. The second-order valence-electron chi connectivity index (χ2n) is 15.7. The quantitative estimate of drug-likeness (QED) is 0.132. The van der Waals surface area contributed by atoms with E-state index in [1.54, 1.807) is 0 Å². The van der Waals surface area contributed by atoms with Gasteiger partial charge in [0.05, 0.1) is 0 Å². The largest absolute Gasteiger partial charge is 0.455 e. The van der Waals surface area contributed by atoms with Gasteiger partial charge in [-0.3, -0.25) is 0 Å². The summed E-state index contributed by atoms with van der Waals surface area (Å²) in [6, 6.07) is 58.5. The highest BCUT2D eigenvalue weighted by atomic mass is 16.3. The number of rotatable bonds is 11. The average Bonchev–Trinajstić information content (AvgIpc) is 3.69. The highest BCUT2D eigenvalue weighted by Crippen LogP contribution is 2.40. The summed E-state index contributed by atoms with van der Waals surface area (Å²) in [5, 5.41) is 6.95. The Labute approximate surface area is 345 Å².